The second-order valence-corrected chi connectivity index (χ2v) is 3.28. The Balaban J connectivity index is 2.60. The number of carbonyl (C=O) groups excluding carboxylic acids is 1. The Kier molecular flexibility index (Phi) is 2.25. The number of oxazole rings is 1. The lowest BCUT2D eigenvalue weighted by atomic mass is 10.2. The first-order chi connectivity index (χ1) is 6.70. The molecule has 1 heterocycles. The molecule has 4 heteroatoms. The Hall–Kier alpha value is -1.35. The van der Waals surface area contributed by atoms with E-state index in [9.17, 15) is 4.79 Å². The summed E-state index contributed by atoms with van der Waals surface area (Å²) in [4.78, 5) is 15.0. The number of benzene rings is 1. The van der Waals surface area contributed by atoms with Crippen LogP contribution in [0.25, 0.3) is 11.1 Å². The maximum atomic E-state index is 11.0. The maximum Gasteiger partial charge on any atom is 0.263 e. The summed E-state index contributed by atoms with van der Waals surface area (Å²) in [6.07, 6.45) is 0. The van der Waals surface area contributed by atoms with E-state index in [-0.39, 0.29) is 11.7 Å². The van der Waals surface area contributed by atoms with Crippen LogP contribution >= 0.6 is 11.6 Å². The van der Waals surface area contributed by atoms with Crippen LogP contribution < -0.4 is 0 Å². The number of halogens is 1. The zero-order chi connectivity index (χ0) is 10.1. The Labute approximate surface area is 85.7 Å². The summed E-state index contributed by atoms with van der Waals surface area (Å²) >= 11 is 5.67. The van der Waals surface area contributed by atoms with Gasteiger partial charge in [-0.15, -0.1) is 11.6 Å². The maximum absolute atomic E-state index is 11.0. The highest BCUT2D eigenvalue weighted by Crippen LogP contribution is 2.18. The highest BCUT2D eigenvalue weighted by atomic mass is 35.5. The SMILES string of the molecule is CC(=O)c1nc2cc(CCl)ccc2o1. The summed E-state index contributed by atoms with van der Waals surface area (Å²) in [6.45, 7) is 1.42. The number of carbonyl (C=O) groups is 1. The van der Waals surface area contributed by atoms with Crippen molar-refractivity contribution in [3.63, 3.8) is 0 Å². The number of alkyl halides is 1. The van der Waals surface area contributed by atoms with Gasteiger partial charge < -0.3 is 4.42 Å². The van der Waals surface area contributed by atoms with Crippen molar-refractivity contribution in [1.82, 2.24) is 4.98 Å². The van der Waals surface area contributed by atoms with Crippen LogP contribution in [0.2, 0.25) is 0 Å². The van der Waals surface area contributed by atoms with E-state index >= 15 is 0 Å². The van der Waals surface area contributed by atoms with Crippen molar-refractivity contribution in [3.05, 3.63) is 29.7 Å². The van der Waals surface area contributed by atoms with Crippen molar-refractivity contribution in [2.24, 2.45) is 0 Å². The van der Waals surface area contributed by atoms with Crippen LogP contribution in [0.5, 0.6) is 0 Å². The molecule has 1 aromatic heterocycles. The van der Waals surface area contributed by atoms with Crippen molar-refractivity contribution in [2.75, 3.05) is 0 Å². The third-order valence-corrected chi connectivity index (χ3v) is 2.22. The minimum Gasteiger partial charge on any atom is -0.434 e. The van der Waals surface area contributed by atoms with E-state index < -0.39 is 0 Å². The van der Waals surface area contributed by atoms with E-state index in [1.807, 2.05) is 12.1 Å². The lowest BCUT2D eigenvalue weighted by molar-refractivity contribution is 0.0983. The predicted octanol–water partition coefficient (Wildman–Crippen LogP) is 2.77. The Morgan fingerprint density at radius 1 is 1.57 bits per heavy atom. The van der Waals surface area contributed by atoms with E-state index in [4.69, 9.17) is 16.0 Å². The molecule has 0 spiro atoms. The van der Waals surface area contributed by atoms with Gasteiger partial charge >= 0.3 is 0 Å². The number of fused-ring (bicyclic) bond motifs is 1. The lowest BCUT2D eigenvalue weighted by Crippen LogP contribution is -1.89. The van der Waals surface area contributed by atoms with Crippen LogP contribution in [0, 0.1) is 0 Å². The highest BCUT2D eigenvalue weighted by Gasteiger charge is 2.09. The number of Topliss-reactive ketones (excluding diaryl/α,β-unsaturated/α-hetero) is 1. The summed E-state index contributed by atoms with van der Waals surface area (Å²) < 4.78 is 5.23. The number of nitrogens with zero attached hydrogens (tertiary/aromatic N) is 1. The van der Waals surface area contributed by atoms with Gasteiger partial charge in [-0.3, -0.25) is 4.79 Å². The fourth-order valence-electron chi connectivity index (χ4n) is 1.21. The van der Waals surface area contributed by atoms with Crippen molar-refractivity contribution < 1.29 is 9.21 Å². The molecule has 0 unspecified atom stereocenters. The molecule has 2 rings (SSSR count). The molecule has 0 saturated heterocycles. The molecule has 0 aliphatic heterocycles. The fraction of sp³-hybridized carbons (Fsp3) is 0.200. The number of rotatable bonds is 2. The molecule has 0 bridgehead atoms. The van der Waals surface area contributed by atoms with Crippen molar-refractivity contribution in [3.8, 4) is 0 Å². The van der Waals surface area contributed by atoms with Gasteiger partial charge in [-0.25, -0.2) is 4.98 Å². The quantitative estimate of drug-likeness (QED) is 0.564. The largest absolute Gasteiger partial charge is 0.434 e. The summed E-state index contributed by atoms with van der Waals surface area (Å²) in [5.41, 5.74) is 2.25. The van der Waals surface area contributed by atoms with Gasteiger partial charge in [-0.05, 0) is 17.7 Å². The molecule has 0 amide bonds. The van der Waals surface area contributed by atoms with E-state index in [1.165, 1.54) is 6.92 Å². The first kappa shape index (κ1) is 9.21. The molecule has 2 aromatic rings. The third-order valence-electron chi connectivity index (χ3n) is 1.91. The second kappa shape index (κ2) is 3.42. The van der Waals surface area contributed by atoms with Gasteiger partial charge in [0.25, 0.3) is 5.89 Å². The van der Waals surface area contributed by atoms with Crippen molar-refractivity contribution in [2.45, 2.75) is 12.8 Å². The molecule has 0 fully saturated rings. The Morgan fingerprint density at radius 3 is 3.00 bits per heavy atom. The normalized spacial score (nSPS) is 10.7. The van der Waals surface area contributed by atoms with Gasteiger partial charge in [0.15, 0.2) is 5.58 Å². The average Bonchev–Trinajstić information content (AvgIpc) is 2.59. The average molecular weight is 210 g/mol. The van der Waals surface area contributed by atoms with Gasteiger partial charge in [0.2, 0.25) is 5.78 Å². The first-order valence-corrected chi connectivity index (χ1v) is 4.70. The second-order valence-electron chi connectivity index (χ2n) is 3.01. The van der Waals surface area contributed by atoms with E-state index in [0.29, 0.717) is 17.0 Å². The standard InChI is InChI=1S/C10H8ClNO2/c1-6(13)10-12-8-4-7(5-11)2-3-9(8)14-10/h2-4H,5H2,1H3. The van der Waals surface area contributed by atoms with E-state index in [1.54, 1.807) is 6.07 Å². The van der Waals surface area contributed by atoms with Crippen LogP contribution in [-0.4, -0.2) is 10.8 Å². The van der Waals surface area contributed by atoms with Crippen LogP contribution in [0.1, 0.15) is 23.2 Å². The Bertz CT molecular complexity index is 490. The van der Waals surface area contributed by atoms with Gasteiger partial charge in [0, 0.05) is 12.8 Å². The van der Waals surface area contributed by atoms with Crippen LogP contribution in [0.4, 0.5) is 0 Å². The third kappa shape index (κ3) is 1.51. The Morgan fingerprint density at radius 2 is 2.36 bits per heavy atom. The smallest absolute Gasteiger partial charge is 0.263 e. The fourth-order valence-corrected chi connectivity index (χ4v) is 1.37. The molecule has 0 atom stereocenters. The number of hydrogen-bond donors (Lipinski definition) is 0. The molecule has 14 heavy (non-hydrogen) atoms. The molecule has 0 saturated carbocycles. The summed E-state index contributed by atoms with van der Waals surface area (Å²) in [5.74, 6) is 0.401. The molecule has 3 nitrogen and oxygen atoms in total. The van der Waals surface area contributed by atoms with Gasteiger partial charge in [-0.1, -0.05) is 6.07 Å². The zero-order valence-corrected chi connectivity index (χ0v) is 8.34. The number of aromatic nitrogens is 1. The molecular weight excluding hydrogens is 202 g/mol. The monoisotopic (exact) mass is 209 g/mol. The zero-order valence-electron chi connectivity index (χ0n) is 7.58. The van der Waals surface area contributed by atoms with Crippen LogP contribution in [-0.2, 0) is 5.88 Å². The van der Waals surface area contributed by atoms with Crippen molar-refractivity contribution in [1.29, 1.82) is 0 Å². The summed E-state index contributed by atoms with van der Waals surface area (Å²) in [7, 11) is 0. The first-order valence-electron chi connectivity index (χ1n) is 4.17. The molecule has 0 aliphatic carbocycles. The van der Waals surface area contributed by atoms with E-state index in [2.05, 4.69) is 4.98 Å². The lowest BCUT2D eigenvalue weighted by Gasteiger charge is -1.91. The topological polar surface area (TPSA) is 43.1 Å². The van der Waals surface area contributed by atoms with Crippen LogP contribution in [0.15, 0.2) is 22.6 Å². The molecule has 0 N–H and O–H groups in total. The minimum atomic E-state index is -0.173. The molecule has 0 radical (unpaired) electrons. The predicted molar refractivity (Wildman–Crippen MR) is 53.6 cm³/mol. The minimum absolute atomic E-state index is 0.145. The van der Waals surface area contributed by atoms with Crippen molar-refractivity contribution >= 4 is 28.5 Å². The van der Waals surface area contributed by atoms with E-state index in [0.717, 1.165) is 5.56 Å². The highest BCUT2D eigenvalue weighted by molar-refractivity contribution is 6.17. The van der Waals surface area contributed by atoms with Gasteiger partial charge in [0.1, 0.15) is 5.52 Å². The molecule has 1 aromatic carbocycles. The number of hydrogen-bond acceptors (Lipinski definition) is 3. The molecule has 0 aliphatic rings. The molecular formula is C10H8ClNO2. The van der Waals surface area contributed by atoms with Gasteiger partial charge in [-0.2, -0.15) is 0 Å². The molecule has 72 valence electrons. The van der Waals surface area contributed by atoms with Crippen LogP contribution in [0.3, 0.4) is 0 Å². The number of ketones is 1. The van der Waals surface area contributed by atoms with Gasteiger partial charge in [0.05, 0.1) is 0 Å². The summed E-state index contributed by atoms with van der Waals surface area (Å²) in [5, 5.41) is 0. The summed E-state index contributed by atoms with van der Waals surface area (Å²) in [6, 6.07) is 5.44.